The van der Waals surface area contributed by atoms with Crippen molar-refractivity contribution in [3.8, 4) is 5.75 Å². The molecular weight excluding hydrogens is 467 g/mol. The van der Waals surface area contributed by atoms with Crippen LogP contribution in [0.1, 0.15) is 44.7 Å². The van der Waals surface area contributed by atoms with Gasteiger partial charge in [-0.1, -0.05) is 42.5 Å². The van der Waals surface area contributed by atoms with Crippen LogP contribution in [-0.2, 0) is 23.9 Å². The molecule has 3 aromatic carbocycles. The Labute approximate surface area is 206 Å². The molecule has 4 aromatic rings. The predicted molar refractivity (Wildman–Crippen MR) is 131 cm³/mol. The molecule has 0 fully saturated rings. The van der Waals surface area contributed by atoms with Crippen LogP contribution in [0.3, 0.4) is 0 Å². The topological polar surface area (TPSA) is 48.4 Å². The number of para-hydroxylation sites is 1. The number of aromatic nitrogens is 1. The first-order valence-corrected chi connectivity index (χ1v) is 11.4. The van der Waals surface area contributed by atoms with Gasteiger partial charge in [-0.25, -0.2) is 9.78 Å². The third-order valence-corrected chi connectivity index (χ3v) is 6.23. The Hall–Kier alpha value is -4.13. The number of hydrogen-bond donors (Lipinski definition) is 0. The van der Waals surface area contributed by atoms with Gasteiger partial charge in [-0.15, -0.1) is 0 Å². The second-order valence-electron chi connectivity index (χ2n) is 8.55. The maximum absolute atomic E-state index is 13.3. The van der Waals surface area contributed by atoms with Crippen molar-refractivity contribution >= 4 is 28.5 Å². The summed E-state index contributed by atoms with van der Waals surface area (Å²) in [6.45, 7) is -0.261. The summed E-state index contributed by atoms with van der Waals surface area (Å²) >= 11 is 0. The summed E-state index contributed by atoms with van der Waals surface area (Å²) in [5, 5.41) is 0.663. The fourth-order valence-corrected chi connectivity index (χ4v) is 4.47. The van der Waals surface area contributed by atoms with Crippen molar-refractivity contribution in [1.82, 2.24) is 4.98 Å². The van der Waals surface area contributed by atoms with Gasteiger partial charge in [-0.05, 0) is 71.5 Å². The minimum Gasteiger partial charge on any atom is -0.497 e. The maximum Gasteiger partial charge on any atom is 0.416 e. The lowest BCUT2D eigenvalue weighted by Crippen LogP contribution is -2.11. The molecule has 1 heterocycles. The van der Waals surface area contributed by atoms with E-state index in [0.717, 1.165) is 40.3 Å². The van der Waals surface area contributed by atoms with Crippen molar-refractivity contribution in [2.45, 2.75) is 25.6 Å². The Morgan fingerprint density at radius 1 is 1.00 bits per heavy atom. The number of methoxy groups -OCH3 is 1. The highest BCUT2D eigenvalue weighted by Gasteiger charge is 2.31. The van der Waals surface area contributed by atoms with E-state index in [9.17, 15) is 18.0 Å². The highest BCUT2D eigenvalue weighted by molar-refractivity contribution is 6.07. The zero-order chi connectivity index (χ0) is 25.3. The van der Waals surface area contributed by atoms with Crippen molar-refractivity contribution in [2.24, 2.45) is 0 Å². The van der Waals surface area contributed by atoms with E-state index >= 15 is 0 Å². The van der Waals surface area contributed by atoms with Crippen LogP contribution in [-0.4, -0.2) is 18.1 Å². The van der Waals surface area contributed by atoms with E-state index in [1.807, 2.05) is 54.6 Å². The molecule has 182 valence electrons. The number of fused-ring (bicyclic) bond motifs is 2. The van der Waals surface area contributed by atoms with Crippen LogP contribution in [0, 0.1) is 0 Å². The summed E-state index contributed by atoms with van der Waals surface area (Å²) in [6.07, 6.45) is -1.10. The number of alkyl halides is 3. The van der Waals surface area contributed by atoms with Crippen molar-refractivity contribution in [3.05, 3.63) is 106 Å². The van der Waals surface area contributed by atoms with Gasteiger partial charge in [0.15, 0.2) is 0 Å². The summed E-state index contributed by atoms with van der Waals surface area (Å²) in [5.74, 6) is 0.187. The van der Waals surface area contributed by atoms with Crippen LogP contribution in [0.15, 0.2) is 72.8 Å². The Bertz CT molecular complexity index is 1470. The number of allylic oxidation sites excluding steroid dienone is 1. The number of hydrogen-bond acceptors (Lipinski definition) is 4. The SMILES string of the molecule is COc1ccc(C=C2CCc3c2nc2ccccc2c3C(=O)OCc2cccc(C(F)(F)F)c2)cc1. The van der Waals surface area contributed by atoms with E-state index in [4.69, 9.17) is 14.5 Å². The van der Waals surface area contributed by atoms with Crippen LogP contribution in [0.25, 0.3) is 22.6 Å². The predicted octanol–water partition coefficient (Wildman–Crippen LogP) is 7.11. The van der Waals surface area contributed by atoms with Crippen LogP contribution in [0.2, 0.25) is 0 Å². The van der Waals surface area contributed by atoms with Gasteiger partial charge in [-0.2, -0.15) is 13.2 Å². The maximum atomic E-state index is 13.3. The normalized spacial score (nSPS) is 14.2. The molecule has 36 heavy (non-hydrogen) atoms. The van der Waals surface area contributed by atoms with Gasteiger partial charge in [0.1, 0.15) is 12.4 Å². The van der Waals surface area contributed by atoms with Crippen LogP contribution >= 0.6 is 0 Å². The van der Waals surface area contributed by atoms with E-state index < -0.39 is 17.7 Å². The molecule has 1 aromatic heterocycles. The third kappa shape index (κ3) is 4.69. The first kappa shape index (κ1) is 23.6. The molecule has 5 rings (SSSR count). The lowest BCUT2D eigenvalue weighted by molar-refractivity contribution is -0.137. The summed E-state index contributed by atoms with van der Waals surface area (Å²) in [6, 6.07) is 19.8. The van der Waals surface area contributed by atoms with Crippen LogP contribution in [0.5, 0.6) is 5.75 Å². The molecular formula is C29H22F3NO3. The van der Waals surface area contributed by atoms with E-state index in [0.29, 0.717) is 29.3 Å². The van der Waals surface area contributed by atoms with Crippen LogP contribution in [0.4, 0.5) is 13.2 Å². The number of carbonyl (C=O) groups excluding carboxylic acids is 1. The van der Waals surface area contributed by atoms with E-state index in [1.54, 1.807) is 7.11 Å². The van der Waals surface area contributed by atoms with Gasteiger partial charge in [0, 0.05) is 5.39 Å². The Morgan fingerprint density at radius 2 is 1.78 bits per heavy atom. The summed E-state index contributed by atoms with van der Waals surface area (Å²) < 4.78 is 49.9. The van der Waals surface area contributed by atoms with E-state index in [1.165, 1.54) is 12.1 Å². The number of rotatable bonds is 5. The first-order valence-electron chi connectivity index (χ1n) is 11.4. The van der Waals surface area contributed by atoms with Gasteiger partial charge < -0.3 is 9.47 Å². The average Bonchev–Trinajstić information content (AvgIpc) is 3.27. The van der Waals surface area contributed by atoms with Gasteiger partial charge in [0.2, 0.25) is 0 Å². The Kier molecular flexibility index (Phi) is 6.22. The molecule has 0 aliphatic heterocycles. The lowest BCUT2D eigenvalue weighted by atomic mass is 10.0. The summed E-state index contributed by atoms with van der Waals surface area (Å²) in [4.78, 5) is 18.1. The molecule has 0 radical (unpaired) electrons. The molecule has 1 aliphatic carbocycles. The van der Waals surface area contributed by atoms with Crippen molar-refractivity contribution < 1.29 is 27.4 Å². The standard InChI is InChI=1S/C29H22F3NO3/c1-35-22-12-9-18(10-13-22)15-20-11-14-24-26(23-7-2-3-8-25(23)33-27(20)24)28(34)36-17-19-5-4-6-21(16-19)29(30,31)32/h2-10,12-13,15-16H,11,14,17H2,1H3. The monoisotopic (exact) mass is 489 g/mol. The molecule has 7 heteroatoms. The number of benzene rings is 3. The van der Waals surface area contributed by atoms with Gasteiger partial charge in [-0.3, -0.25) is 0 Å². The number of halogens is 3. The second-order valence-corrected chi connectivity index (χ2v) is 8.55. The Morgan fingerprint density at radius 3 is 2.53 bits per heavy atom. The Balaban J connectivity index is 1.49. The van der Waals surface area contributed by atoms with Crippen molar-refractivity contribution in [2.75, 3.05) is 7.11 Å². The highest BCUT2D eigenvalue weighted by Crippen LogP contribution is 2.38. The number of pyridine rings is 1. The van der Waals surface area contributed by atoms with E-state index in [2.05, 4.69) is 0 Å². The largest absolute Gasteiger partial charge is 0.497 e. The van der Waals surface area contributed by atoms with Gasteiger partial charge in [0.05, 0.1) is 29.4 Å². The fourth-order valence-electron chi connectivity index (χ4n) is 4.47. The molecule has 0 amide bonds. The number of nitrogens with zero attached hydrogens (tertiary/aromatic N) is 1. The molecule has 0 atom stereocenters. The number of esters is 1. The van der Waals surface area contributed by atoms with Crippen molar-refractivity contribution in [1.29, 1.82) is 0 Å². The average molecular weight is 489 g/mol. The number of ether oxygens (including phenoxy) is 2. The third-order valence-electron chi connectivity index (χ3n) is 6.23. The van der Waals surface area contributed by atoms with Crippen LogP contribution < -0.4 is 4.74 Å². The first-order chi connectivity index (χ1) is 17.3. The van der Waals surface area contributed by atoms with E-state index in [-0.39, 0.29) is 12.2 Å². The molecule has 0 unspecified atom stereocenters. The number of carbonyl (C=O) groups is 1. The molecule has 0 N–H and O–H groups in total. The minimum atomic E-state index is -4.46. The van der Waals surface area contributed by atoms with Gasteiger partial charge in [0.25, 0.3) is 0 Å². The zero-order valence-electron chi connectivity index (χ0n) is 19.4. The molecule has 0 saturated heterocycles. The summed E-state index contributed by atoms with van der Waals surface area (Å²) in [7, 11) is 1.61. The fraction of sp³-hybridized carbons (Fsp3) is 0.172. The molecule has 0 saturated carbocycles. The second kappa shape index (κ2) is 9.49. The minimum absolute atomic E-state index is 0.261. The molecule has 0 spiro atoms. The van der Waals surface area contributed by atoms with Crippen molar-refractivity contribution in [3.63, 3.8) is 0 Å². The lowest BCUT2D eigenvalue weighted by Gasteiger charge is -2.13. The quantitative estimate of drug-likeness (QED) is 0.281. The zero-order valence-corrected chi connectivity index (χ0v) is 19.4. The molecule has 4 nitrogen and oxygen atoms in total. The van der Waals surface area contributed by atoms with Gasteiger partial charge >= 0.3 is 12.1 Å². The molecule has 0 bridgehead atoms. The highest BCUT2D eigenvalue weighted by atomic mass is 19.4. The smallest absolute Gasteiger partial charge is 0.416 e. The summed E-state index contributed by atoms with van der Waals surface area (Å²) in [5.41, 5.74) is 4.10. The molecule has 1 aliphatic rings.